The molecule has 0 bridgehead atoms. The molecule has 4 aromatic heterocycles. The van der Waals surface area contributed by atoms with E-state index in [-0.39, 0.29) is 0 Å². The summed E-state index contributed by atoms with van der Waals surface area (Å²) in [5.74, 6) is 1.34. The summed E-state index contributed by atoms with van der Waals surface area (Å²) in [6, 6.07) is 6.88. The first-order valence-corrected chi connectivity index (χ1v) is 12.2. The van der Waals surface area contributed by atoms with Gasteiger partial charge in [0.15, 0.2) is 11.5 Å². The van der Waals surface area contributed by atoms with Crippen LogP contribution in [-0.2, 0) is 6.54 Å². The number of nitrogens with zero attached hydrogens (tertiary/aromatic N) is 6. The van der Waals surface area contributed by atoms with Crippen molar-refractivity contribution in [2.24, 2.45) is 0 Å². The van der Waals surface area contributed by atoms with Gasteiger partial charge in [0.2, 0.25) is 0 Å². The van der Waals surface area contributed by atoms with E-state index < -0.39 is 0 Å². The van der Waals surface area contributed by atoms with Crippen LogP contribution in [0.25, 0.3) is 16.9 Å². The molecule has 7 heteroatoms. The second-order valence-electron chi connectivity index (χ2n) is 9.61. The van der Waals surface area contributed by atoms with Gasteiger partial charge in [-0.1, -0.05) is 6.07 Å². The van der Waals surface area contributed by atoms with Crippen LogP contribution in [0.15, 0.2) is 49.2 Å². The Kier molecular flexibility index (Phi) is 6.28. The fourth-order valence-electron chi connectivity index (χ4n) is 4.99. The van der Waals surface area contributed by atoms with Crippen LogP contribution in [0.3, 0.4) is 0 Å². The molecule has 0 spiro atoms. The zero-order valence-electron chi connectivity index (χ0n) is 20.5. The Morgan fingerprint density at radius 3 is 2.56 bits per heavy atom. The molecule has 176 valence electrons. The molecule has 1 N–H and O–H groups in total. The molecule has 1 fully saturated rings. The highest BCUT2D eigenvalue weighted by Gasteiger charge is 2.24. The highest BCUT2D eigenvalue weighted by atomic mass is 15.2. The van der Waals surface area contributed by atoms with Crippen LogP contribution in [0.2, 0.25) is 0 Å². The Bertz CT molecular complexity index is 1290. The van der Waals surface area contributed by atoms with Crippen molar-refractivity contribution in [1.29, 1.82) is 0 Å². The second kappa shape index (κ2) is 9.50. The summed E-state index contributed by atoms with van der Waals surface area (Å²) in [4.78, 5) is 20.9. The number of aromatic nitrogens is 5. The first-order chi connectivity index (χ1) is 16.5. The molecule has 34 heavy (non-hydrogen) atoms. The molecule has 0 radical (unpaired) electrons. The average molecular weight is 456 g/mol. The molecule has 0 saturated carbocycles. The molecule has 1 aliphatic heterocycles. The molecule has 4 aromatic rings. The zero-order chi connectivity index (χ0) is 23.7. The molecule has 0 amide bonds. The summed E-state index contributed by atoms with van der Waals surface area (Å²) in [5, 5.41) is 3.49. The van der Waals surface area contributed by atoms with Crippen molar-refractivity contribution in [2.45, 2.75) is 59.0 Å². The van der Waals surface area contributed by atoms with Crippen LogP contribution in [0.1, 0.15) is 55.1 Å². The molecule has 0 atom stereocenters. The lowest BCUT2D eigenvalue weighted by Crippen LogP contribution is -2.38. The number of fused-ring (bicyclic) bond motifs is 1. The quantitative estimate of drug-likeness (QED) is 0.441. The highest BCUT2D eigenvalue weighted by molar-refractivity contribution is 5.64. The molecule has 5 heterocycles. The summed E-state index contributed by atoms with van der Waals surface area (Å²) in [7, 11) is 0. The zero-order valence-corrected chi connectivity index (χ0v) is 20.5. The van der Waals surface area contributed by atoms with Crippen LogP contribution in [0.5, 0.6) is 0 Å². The lowest BCUT2D eigenvalue weighted by atomic mass is 9.93. The number of pyridine rings is 2. The third-order valence-corrected chi connectivity index (χ3v) is 6.90. The number of hydrogen-bond donors (Lipinski definition) is 1. The van der Waals surface area contributed by atoms with Gasteiger partial charge in [-0.05, 0) is 76.9 Å². The SMILES string of the molecule is Cc1cc(-c2ncc(CNc3nccn4c(C5CCN(C(C)C)CC5)cnc34)cc2C)ccn1. The number of piperidine rings is 1. The van der Waals surface area contributed by atoms with E-state index in [1.165, 1.54) is 18.5 Å². The van der Waals surface area contributed by atoms with Gasteiger partial charge in [0, 0.05) is 66.4 Å². The summed E-state index contributed by atoms with van der Waals surface area (Å²) in [6.07, 6.45) is 12.0. The average Bonchev–Trinajstić information content (AvgIpc) is 3.27. The summed E-state index contributed by atoms with van der Waals surface area (Å²) < 4.78 is 2.21. The van der Waals surface area contributed by atoms with Crippen LogP contribution < -0.4 is 5.32 Å². The molecule has 0 unspecified atom stereocenters. The lowest BCUT2D eigenvalue weighted by Gasteiger charge is -2.34. The van der Waals surface area contributed by atoms with Crippen molar-refractivity contribution in [1.82, 2.24) is 29.2 Å². The van der Waals surface area contributed by atoms with Crippen molar-refractivity contribution >= 4 is 11.5 Å². The van der Waals surface area contributed by atoms with Crippen LogP contribution in [-0.4, -0.2) is 48.4 Å². The molecule has 1 saturated heterocycles. The smallest absolute Gasteiger partial charge is 0.180 e. The Morgan fingerprint density at radius 2 is 1.82 bits per heavy atom. The van der Waals surface area contributed by atoms with Gasteiger partial charge < -0.3 is 10.2 Å². The Morgan fingerprint density at radius 1 is 1.00 bits per heavy atom. The molecule has 5 rings (SSSR count). The van der Waals surface area contributed by atoms with Crippen LogP contribution >= 0.6 is 0 Å². The topological polar surface area (TPSA) is 71.2 Å². The molecular formula is C27H33N7. The maximum Gasteiger partial charge on any atom is 0.180 e. The minimum atomic E-state index is 0.538. The first kappa shape index (κ1) is 22.5. The van der Waals surface area contributed by atoms with Crippen molar-refractivity contribution in [2.75, 3.05) is 18.4 Å². The van der Waals surface area contributed by atoms with E-state index in [0.29, 0.717) is 18.5 Å². The number of likely N-dealkylation sites (tertiary alicyclic amines) is 1. The minimum absolute atomic E-state index is 0.538. The maximum absolute atomic E-state index is 4.74. The van der Waals surface area contributed by atoms with Gasteiger partial charge in [-0.3, -0.25) is 14.4 Å². The molecule has 7 nitrogen and oxygen atoms in total. The van der Waals surface area contributed by atoms with E-state index in [4.69, 9.17) is 9.97 Å². The Balaban J connectivity index is 1.31. The van der Waals surface area contributed by atoms with Crippen molar-refractivity contribution < 1.29 is 0 Å². The van der Waals surface area contributed by atoms with E-state index in [1.54, 1.807) is 0 Å². The van der Waals surface area contributed by atoms with Crippen molar-refractivity contribution in [3.63, 3.8) is 0 Å². The van der Waals surface area contributed by atoms with E-state index in [1.807, 2.05) is 44.0 Å². The second-order valence-corrected chi connectivity index (χ2v) is 9.61. The number of anilines is 1. The molecular weight excluding hydrogens is 422 g/mol. The van der Waals surface area contributed by atoms with Gasteiger partial charge in [-0.25, -0.2) is 9.97 Å². The van der Waals surface area contributed by atoms with Gasteiger partial charge >= 0.3 is 0 Å². The normalized spacial score (nSPS) is 15.3. The number of rotatable bonds is 6. The standard InChI is InChI=1S/C27H33N7/c1-18(2)33-10-6-22(7-11-33)24-17-32-27-26(29-9-12-34(24)27)31-16-21-13-19(3)25(30-15-21)23-5-8-28-20(4)14-23/h5,8-9,12-15,17-18,22H,6-7,10-11,16H2,1-4H3,(H,29,31). The van der Waals surface area contributed by atoms with Gasteiger partial charge in [-0.15, -0.1) is 0 Å². The van der Waals surface area contributed by atoms with E-state index in [0.717, 1.165) is 52.6 Å². The highest BCUT2D eigenvalue weighted by Crippen LogP contribution is 2.30. The fourth-order valence-corrected chi connectivity index (χ4v) is 4.99. The van der Waals surface area contributed by atoms with Gasteiger partial charge in [0.05, 0.1) is 5.69 Å². The van der Waals surface area contributed by atoms with E-state index in [2.05, 4.69) is 57.5 Å². The lowest BCUT2D eigenvalue weighted by molar-refractivity contribution is 0.170. The van der Waals surface area contributed by atoms with Gasteiger partial charge in [0.1, 0.15) is 0 Å². The van der Waals surface area contributed by atoms with Crippen LogP contribution in [0, 0.1) is 13.8 Å². The molecule has 0 aliphatic carbocycles. The number of imidazole rings is 1. The number of hydrogen-bond acceptors (Lipinski definition) is 6. The molecule has 0 aromatic carbocycles. The first-order valence-electron chi connectivity index (χ1n) is 12.2. The van der Waals surface area contributed by atoms with E-state index in [9.17, 15) is 0 Å². The number of nitrogens with one attached hydrogen (secondary N) is 1. The monoisotopic (exact) mass is 455 g/mol. The summed E-state index contributed by atoms with van der Waals surface area (Å²) in [6.45, 7) is 11.6. The predicted octanol–water partition coefficient (Wildman–Crippen LogP) is 5.00. The van der Waals surface area contributed by atoms with Gasteiger partial charge in [-0.2, -0.15) is 0 Å². The van der Waals surface area contributed by atoms with Crippen molar-refractivity contribution in [3.8, 4) is 11.3 Å². The third-order valence-electron chi connectivity index (χ3n) is 6.90. The minimum Gasteiger partial charge on any atom is -0.363 e. The summed E-state index contributed by atoms with van der Waals surface area (Å²) >= 11 is 0. The largest absolute Gasteiger partial charge is 0.363 e. The number of aryl methyl sites for hydroxylation is 2. The Labute approximate surface area is 201 Å². The third kappa shape index (κ3) is 4.53. The fraction of sp³-hybridized carbons (Fsp3) is 0.407. The van der Waals surface area contributed by atoms with E-state index >= 15 is 0 Å². The van der Waals surface area contributed by atoms with Gasteiger partial charge in [0.25, 0.3) is 0 Å². The Hall–Kier alpha value is -3.32. The molecule has 1 aliphatic rings. The van der Waals surface area contributed by atoms with Crippen LogP contribution in [0.4, 0.5) is 5.82 Å². The maximum atomic E-state index is 4.74. The van der Waals surface area contributed by atoms with Crippen molar-refractivity contribution in [3.05, 3.63) is 71.7 Å². The predicted molar refractivity (Wildman–Crippen MR) is 136 cm³/mol. The summed E-state index contributed by atoms with van der Waals surface area (Å²) in [5.41, 5.74) is 7.52.